The number of carbonyl (C=O) groups is 5. The van der Waals surface area contributed by atoms with Gasteiger partial charge in [-0.15, -0.1) is 0 Å². The molecule has 1 fully saturated rings. The number of nitrogens with zero attached hydrogens (tertiary/aromatic N) is 1. The maximum atomic E-state index is 12.9. The lowest BCUT2D eigenvalue weighted by molar-refractivity contribution is -0.177. The van der Waals surface area contributed by atoms with Crippen LogP contribution < -0.4 is 5.32 Å². The summed E-state index contributed by atoms with van der Waals surface area (Å²) in [6.45, 7) is 5.70. The fourth-order valence-corrected chi connectivity index (χ4v) is 5.32. The number of aliphatic hydroxyl groups is 1. The first-order valence-corrected chi connectivity index (χ1v) is 16.6. The van der Waals surface area contributed by atoms with Crippen molar-refractivity contribution in [2.75, 3.05) is 67.0 Å². The second kappa shape index (κ2) is 21.2. The van der Waals surface area contributed by atoms with Gasteiger partial charge in [0.25, 0.3) is 11.8 Å². The topological polar surface area (TPSA) is 167 Å². The third-order valence-electron chi connectivity index (χ3n) is 7.93. The number of methoxy groups -OCH3 is 1. The van der Waals surface area contributed by atoms with E-state index in [1.807, 2.05) is 19.2 Å². The van der Waals surface area contributed by atoms with Crippen molar-refractivity contribution in [2.24, 2.45) is 0 Å². The second-order valence-corrected chi connectivity index (χ2v) is 11.6. The van der Waals surface area contributed by atoms with E-state index >= 15 is 0 Å². The molecule has 2 aromatic carbocycles. The predicted molar refractivity (Wildman–Crippen MR) is 179 cm³/mol. The first-order valence-electron chi connectivity index (χ1n) is 16.6. The number of benzene rings is 2. The number of ether oxygens (including phenoxy) is 4. The number of imide groups is 1. The molecule has 13 nitrogen and oxygen atoms in total. The quantitative estimate of drug-likeness (QED) is 0.0883. The van der Waals surface area contributed by atoms with Crippen molar-refractivity contribution >= 4 is 29.5 Å². The molecule has 0 spiro atoms. The third kappa shape index (κ3) is 12.1. The molecule has 1 atom stereocenters. The van der Waals surface area contributed by atoms with Crippen molar-refractivity contribution in [3.05, 3.63) is 58.7 Å². The lowest BCUT2D eigenvalue weighted by Crippen LogP contribution is -2.32. The minimum Gasteiger partial charge on any atom is -0.432 e. The van der Waals surface area contributed by atoms with E-state index in [9.17, 15) is 24.0 Å². The van der Waals surface area contributed by atoms with Gasteiger partial charge in [0, 0.05) is 83.0 Å². The molecule has 268 valence electrons. The van der Waals surface area contributed by atoms with Crippen molar-refractivity contribution in [1.29, 1.82) is 0 Å². The Hall–Kier alpha value is -4.01. The van der Waals surface area contributed by atoms with E-state index in [4.69, 9.17) is 28.9 Å². The second-order valence-electron chi connectivity index (χ2n) is 11.6. The van der Waals surface area contributed by atoms with Crippen molar-refractivity contribution < 1.29 is 52.9 Å². The average Bonchev–Trinajstić information content (AvgIpc) is 3.59. The number of hydrogen-bond acceptors (Lipinski definition) is 12. The Balaban J connectivity index is 0.000000565. The molecule has 2 aliphatic rings. The molecule has 1 heterocycles. The summed E-state index contributed by atoms with van der Waals surface area (Å²) in [4.78, 5) is 65.6. The van der Waals surface area contributed by atoms with Gasteiger partial charge >= 0.3 is 6.16 Å². The van der Waals surface area contributed by atoms with Gasteiger partial charge in [-0.05, 0) is 74.0 Å². The maximum Gasteiger partial charge on any atom is 0.533 e. The Morgan fingerprint density at radius 1 is 0.837 bits per heavy atom. The average molecular weight is 685 g/mol. The van der Waals surface area contributed by atoms with Gasteiger partial charge in [-0.1, -0.05) is 29.3 Å². The van der Waals surface area contributed by atoms with Crippen LogP contribution in [0.2, 0.25) is 0 Å². The maximum absolute atomic E-state index is 12.9. The number of hydrogen-bond donors (Lipinski definition) is 2. The zero-order valence-corrected chi connectivity index (χ0v) is 28.6. The molecular formula is C36H48N2O11. The van der Waals surface area contributed by atoms with Crippen LogP contribution in [-0.2, 0) is 33.4 Å². The van der Waals surface area contributed by atoms with Crippen LogP contribution in [0.25, 0.3) is 11.1 Å². The summed E-state index contributed by atoms with van der Waals surface area (Å²) in [5.41, 5.74) is 4.25. The summed E-state index contributed by atoms with van der Waals surface area (Å²) in [5, 5.41) is 12.2. The molecule has 13 heteroatoms. The zero-order valence-electron chi connectivity index (χ0n) is 28.6. The molecule has 2 N–H and O–H groups in total. The standard InChI is InChI=1S/C29H31NO9.C7H17NO2/c1-18(32)19-6-8-21-22-9-7-20(26(33)5-4-14-37-13-3-2-12-31)16-24(22)25(23(21)15-19)17-38-29(36)39-30-27(34)10-11-28(30)35;1-8-4-7-10-6-3-5-9-2/h6-9,15-16,25,31H,2-5,10-14,17H2,1H3;8H,3-7H2,1-2H3. The highest BCUT2D eigenvalue weighted by Crippen LogP contribution is 2.46. The highest BCUT2D eigenvalue weighted by Gasteiger charge is 2.35. The van der Waals surface area contributed by atoms with Gasteiger partial charge in [-0.2, -0.15) is 0 Å². The fourth-order valence-electron chi connectivity index (χ4n) is 5.32. The molecule has 1 aliphatic heterocycles. The number of likely N-dealkylation sites (N-methyl/N-ethyl adjacent to an activating group) is 1. The summed E-state index contributed by atoms with van der Waals surface area (Å²) in [5.74, 6) is -1.89. The molecule has 2 aromatic rings. The minimum atomic E-state index is -1.19. The first kappa shape index (κ1) is 39.4. The van der Waals surface area contributed by atoms with Crippen molar-refractivity contribution in [3.8, 4) is 11.1 Å². The summed E-state index contributed by atoms with van der Waals surface area (Å²) >= 11 is 0. The van der Waals surface area contributed by atoms with Crippen molar-refractivity contribution in [1.82, 2.24) is 10.4 Å². The summed E-state index contributed by atoms with van der Waals surface area (Å²) < 4.78 is 20.9. The van der Waals surface area contributed by atoms with E-state index < -0.39 is 23.9 Å². The number of fused-ring (bicyclic) bond motifs is 3. The van der Waals surface area contributed by atoms with E-state index in [1.165, 1.54) is 6.92 Å². The van der Waals surface area contributed by atoms with Gasteiger partial charge in [0.2, 0.25) is 0 Å². The van der Waals surface area contributed by atoms with Crippen molar-refractivity contribution in [3.63, 3.8) is 0 Å². The molecule has 0 radical (unpaired) electrons. The van der Waals surface area contributed by atoms with Gasteiger partial charge in [0.05, 0.1) is 6.61 Å². The van der Waals surface area contributed by atoms with Crippen LogP contribution in [0.5, 0.6) is 0 Å². The van der Waals surface area contributed by atoms with E-state index in [0.717, 1.165) is 61.5 Å². The van der Waals surface area contributed by atoms with Crippen molar-refractivity contribution in [2.45, 2.75) is 57.8 Å². The number of rotatable bonds is 20. The number of aliphatic hydroxyl groups excluding tert-OH is 1. The van der Waals surface area contributed by atoms with E-state index in [0.29, 0.717) is 48.7 Å². The molecule has 1 aliphatic carbocycles. The van der Waals surface area contributed by atoms with Gasteiger partial charge in [-0.3, -0.25) is 24.0 Å². The van der Waals surface area contributed by atoms with Gasteiger partial charge in [0.15, 0.2) is 11.6 Å². The van der Waals surface area contributed by atoms with Crippen LogP contribution in [0.1, 0.15) is 89.6 Å². The highest BCUT2D eigenvalue weighted by atomic mass is 16.8. The Morgan fingerprint density at radius 2 is 1.45 bits per heavy atom. The number of nitrogens with one attached hydrogen (secondary N) is 1. The van der Waals surface area contributed by atoms with Crippen LogP contribution in [0.15, 0.2) is 36.4 Å². The highest BCUT2D eigenvalue weighted by molar-refractivity contribution is 6.01. The van der Waals surface area contributed by atoms with E-state index in [2.05, 4.69) is 5.32 Å². The lowest BCUT2D eigenvalue weighted by Gasteiger charge is -2.17. The number of unbranched alkanes of at least 4 members (excludes halogenated alkanes) is 1. The Labute approximate surface area is 287 Å². The molecule has 1 saturated heterocycles. The number of ketones is 2. The first-order chi connectivity index (χ1) is 23.7. The molecule has 1 unspecified atom stereocenters. The SMILES string of the molecule is CC(=O)c1ccc2c(c1)C(COC(=O)ON1C(=O)CCC1=O)c1cc(C(=O)CCCOCCCCO)ccc1-2.CNCCOCCCOC. The number of Topliss-reactive ketones (excluding diaryl/α,β-unsaturated/α-hetero) is 2. The molecular weight excluding hydrogens is 636 g/mol. The summed E-state index contributed by atoms with van der Waals surface area (Å²) in [6.07, 6.45) is 2.04. The Kier molecular flexibility index (Phi) is 17.0. The molecule has 0 aromatic heterocycles. The molecule has 0 saturated carbocycles. The molecule has 2 amide bonds. The van der Waals surface area contributed by atoms with Crippen LogP contribution in [-0.4, -0.2) is 107 Å². The zero-order chi connectivity index (χ0) is 35.6. The van der Waals surface area contributed by atoms with Gasteiger partial charge in [-0.25, -0.2) is 4.79 Å². The predicted octanol–water partition coefficient (Wildman–Crippen LogP) is 4.23. The minimum absolute atomic E-state index is 0.0318. The number of carbonyl (C=O) groups excluding carboxylic acids is 5. The molecule has 0 bridgehead atoms. The number of amides is 2. The van der Waals surface area contributed by atoms with E-state index in [1.54, 1.807) is 31.4 Å². The van der Waals surface area contributed by atoms with Crippen LogP contribution >= 0.6 is 0 Å². The third-order valence-corrected chi connectivity index (χ3v) is 7.93. The summed E-state index contributed by atoms with van der Waals surface area (Å²) in [6, 6.07) is 10.7. The van der Waals surface area contributed by atoms with Gasteiger partial charge < -0.3 is 29.4 Å². The largest absolute Gasteiger partial charge is 0.533 e. The van der Waals surface area contributed by atoms with Crippen LogP contribution in [0, 0.1) is 0 Å². The Bertz CT molecular complexity index is 1400. The smallest absolute Gasteiger partial charge is 0.432 e. The molecule has 49 heavy (non-hydrogen) atoms. The normalized spacial score (nSPS) is 14.6. The fraction of sp³-hybridized carbons (Fsp3) is 0.528. The monoisotopic (exact) mass is 684 g/mol. The van der Waals surface area contributed by atoms with Gasteiger partial charge in [0.1, 0.15) is 6.61 Å². The lowest BCUT2D eigenvalue weighted by atomic mass is 9.94. The van der Waals surface area contributed by atoms with E-state index in [-0.39, 0.29) is 37.6 Å². The Morgan fingerprint density at radius 3 is 2.08 bits per heavy atom. The van der Waals surface area contributed by atoms with Crippen LogP contribution in [0.3, 0.4) is 0 Å². The molecule has 4 rings (SSSR count). The summed E-state index contributed by atoms with van der Waals surface area (Å²) in [7, 11) is 3.62. The number of hydroxylamine groups is 2. The van der Waals surface area contributed by atoms with Crippen LogP contribution in [0.4, 0.5) is 4.79 Å².